The predicted octanol–water partition coefficient (Wildman–Crippen LogP) is 3.66. The molecule has 1 heteroatoms. The number of hydrogen-bond donors (Lipinski definition) is 0. The molecule has 0 aromatic carbocycles. The van der Waals surface area contributed by atoms with Gasteiger partial charge >= 0.3 is 0 Å². The topological polar surface area (TPSA) is 17.1 Å². The lowest BCUT2D eigenvalue weighted by Gasteiger charge is -2.20. The van der Waals surface area contributed by atoms with Gasteiger partial charge in [-0.2, -0.15) is 0 Å². The molecule has 0 bridgehead atoms. The van der Waals surface area contributed by atoms with Crippen molar-refractivity contribution in [3.05, 3.63) is 23.3 Å². The van der Waals surface area contributed by atoms with Gasteiger partial charge in [0.25, 0.3) is 0 Å². The van der Waals surface area contributed by atoms with Crippen molar-refractivity contribution in [1.29, 1.82) is 0 Å². The Morgan fingerprint density at radius 3 is 2.93 bits per heavy atom. The normalized spacial score (nSPS) is 23.6. The van der Waals surface area contributed by atoms with E-state index in [4.69, 9.17) is 0 Å². The van der Waals surface area contributed by atoms with E-state index < -0.39 is 0 Å². The molecule has 78 valence electrons. The predicted molar refractivity (Wildman–Crippen MR) is 60.2 cm³/mol. The lowest BCUT2D eigenvalue weighted by Crippen LogP contribution is -2.15. The molecule has 0 spiro atoms. The zero-order chi connectivity index (χ0) is 10.6. The summed E-state index contributed by atoms with van der Waals surface area (Å²) in [7, 11) is 0. The molecule has 0 saturated carbocycles. The van der Waals surface area contributed by atoms with E-state index in [9.17, 15) is 4.79 Å². The second kappa shape index (κ2) is 5.14. The standard InChI is InChI=1S/C13H20O/c1-4-5-6-10(2)12-8-7-11(3)13(14)9-12/h6-7,12H,4-5,8-9H2,1-3H3/b10-6-/t12-/m0/s1. The van der Waals surface area contributed by atoms with Crippen molar-refractivity contribution in [2.75, 3.05) is 0 Å². The fraction of sp³-hybridized carbons (Fsp3) is 0.615. The minimum Gasteiger partial charge on any atom is -0.295 e. The van der Waals surface area contributed by atoms with Crippen LogP contribution in [0.2, 0.25) is 0 Å². The van der Waals surface area contributed by atoms with Crippen LogP contribution in [0.5, 0.6) is 0 Å². The van der Waals surface area contributed by atoms with Gasteiger partial charge in [-0.05, 0) is 38.2 Å². The Morgan fingerprint density at radius 1 is 1.64 bits per heavy atom. The summed E-state index contributed by atoms with van der Waals surface area (Å²) in [4.78, 5) is 11.5. The van der Waals surface area contributed by atoms with E-state index in [0.717, 1.165) is 18.4 Å². The summed E-state index contributed by atoms with van der Waals surface area (Å²) in [5.74, 6) is 0.795. The van der Waals surface area contributed by atoms with Gasteiger partial charge in [0.2, 0.25) is 0 Å². The van der Waals surface area contributed by atoms with E-state index in [-0.39, 0.29) is 0 Å². The second-order valence-corrected chi connectivity index (χ2v) is 4.18. The fourth-order valence-electron chi connectivity index (χ4n) is 1.79. The van der Waals surface area contributed by atoms with Crippen molar-refractivity contribution in [2.24, 2.45) is 5.92 Å². The highest BCUT2D eigenvalue weighted by Gasteiger charge is 2.19. The van der Waals surface area contributed by atoms with Crippen molar-refractivity contribution in [3.8, 4) is 0 Å². The van der Waals surface area contributed by atoms with Crippen LogP contribution in [0, 0.1) is 5.92 Å². The molecule has 0 heterocycles. The fourth-order valence-corrected chi connectivity index (χ4v) is 1.79. The van der Waals surface area contributed by atoms with Gasteiger partial charge in [0.05, 0.1) is 0 Å². The smallest absolute Gasteiger partial charge is 0.158 e. The van der Waals surface area contributed by atoms with Crippen LogP contribution in [0.25, 0.3) is 0 Å². The molecule has 0 fully saturated rings. The first-order chi connectivity index (χ1) is 6.65. The number of carbonyl (C=O) groups is 1. The Kier molecular flexibility index (Phi) is 4.12. The molecule has 14 heavy (non-hydrogen) atoms. The second-order valence-electron chi connectivity index (χ2n) is 4.18. The Balaban J connectivity index is 2.60. The minimum absolute atomic E-state index is 0.325. The third-order valence-corrected chi connectivity index (χ3v) is 2.98. The van der Waals surface area contributed by atoms with Gasteiger partial charge in [0.1, 0.15) is 0 Å². The van der Waals surface area contributed by atoms with Crippen LogP contribution in [0.15, 0.2) is 23.3 Å². The summed E-state index contributed by atoms with van der Waals surface area (Å²) in [6, 6.07) is 0. The SMILES string of the molecule is CCC/C=C(/C)[C@H]1CC=C(C)C(=O)C1. The van der Waals surface area contributed by atoms with Gasteiger partial charge in [-0.15, -0.1) is 0 Å². The summed E-state index contributed by atoms with van der Waals surface area (Å²) in [5.41, 5.74) is 2.34. The Bertz CT molecular complexity index is 271. The lowest BCUT2D eigenvalue weighted by molar-refractivity contribution is -0.116. The van der Waals surface area contributed by atoms with Gasteiger partial charge in [-0.25, -0.2) is 0 Å². The number of Topliss-reactive ketones (excluding diaryl/α,β-unsaturated/α-hetero) is 1. The zero-order valence-electron chi connectivity index (χ0n) is 9.47. The number of unbranched alkanes of at least 4 members (excludes halogenated alkanes) is 1. The van der Waals surface area contributed by atoms with Crippen LogP contribution in [0.1, 0.15) is 46.5 Å². The number of rotatable bonds is 3. The van der Waals surface area contributed by atoms with Crippen LogP contribution in [-0.4, -0.2) is 5.78 Å². The molecular formula is C13H20O. The largest absolute Gasteiger partial charge is 0.295 e. The van der Waals surface area contributed by atoms with Crippen molar-refractivity contribution >= 4 is 5.78 Å². The molecule has 0 amide bonds. The van der Waals surface area contributed by atoms with Gasteiger partial charge in [0.15, 0.2) is 5.78 Å². The highest BCUT2D eigenvalue weighted by atomic mass is 16.1. The van der Waals surface area contributed by atoms with Gasteiger partial charge in [-0.1, -0.05) is 31.1 Å². The molecule has 0 aliphatic heterocycles. The first-order valence-electron chi connectivity index (χ1n) is 5.51. The van der Waals surface area contributed by atoms with E-state index >= 15 is 0 Å². The monoisotopic (exact) mass is 192 g/mol. The summed E-state index contributed by atoms with van der Waals surface area (Å²) < 4.78 is 0. The lowest BCUT2D eigenvalue weighted by atomic mass is 9.84. The Morgan fingerprint density at radius 2 is 2.36 bits per heavy atom. The first kappa shape index (κ1) is 11.2. The van der Waals surface area contributed by atoms with E-state index in [1.165, 1.54) is 12.0 Å². The van der Waals surface area contributed by atoms with E-state index in [1.807, 2.05) is 6.92 Å². The maximum absolute atomic E-state index is 11.5. The van der Waals surface area contributed by atoms with Crippen LogP contribution >= 0.6 is 0 Å². The van der Waals surface area contributed by atoms with Gasteiger partial charge in [-0.3, -0.25) is 4.79 Å². The quantitative estimate of drug-likeness (QED) is 0.624. The third kappa shape index (κ3) is 2.83. The molecule has 1 rings (SSSR count). The minimum atomic E-state index is 0.325. The summed E-state index contributed by atoms with van der Waals surface area (Å²) in [5, 5.41) is 0. The van der Waals surface area contributed by atoms with E-state index in [2.05, 4.69) is 26.0 Å². The number of allylic oxidation sites excluding steroid dienone is 4. The van der Waals surface area contributed by atoms with Crippen LogP contribution in [0.4, 0.5) is 0 Å². The molecule has 0 aromatic rings. The third-order valence-electron chi connectivity index (χ3n) is 2.98. The molecule has 1 aliphatic rings. The van der Waals surface area contributed by atoms with E-state index in [0.29, 0.717) is 18.1 Å². The molecule has 0 aromatic heterocycles. The highest BCUT2D eigenvalue weighted by Crippen LogP contribution is 2.26. The van der Waals surface area contributed by atoms with Crippen molar-refractivity contribution in [2.45, 2.75) is 46.5 Å². The number of hydrogen-bond acceptors (Lipinski definition) is 1. The van der Waals surface area contributed by atoms with E-state index in [1.54, 1.807) is 0 Å². The highest BCUT2D eigenvalue weighted by molar-refractivity contribution is 5.95. The van der Waals surface area contributed by atoms with Gasteiger partial charge in [0, 0.05) is 6.42 Å². The molecule has 1 nitrogen and oxygen atoms in total. The summed E-state index contributed by atoms with van der Waals surface area (Å²) in [6.07, 6.45) is 8.45. The van der Waals surface area contributed by atoms with Crippen molar-refractivity contribution in [3.63, 3.8) is 0 Å². The molecule has 1 aliphatic carbocycles. The van der Waals surface area contributed by atoms with Crippen LogP contribution in [-0.2, 0) is 4.79 Å². The first-order valence-corrected chi connectivity index (χ1v) is 5.51. The van der Waals surface area contributed by atoms with Crippen LogP contribution in [0.3, 0.4) is 0 Å². The molecular weight excluding hydrogens is 172 g/mol. The Hall–Kier alpha value is -0.850. The van der Waals surface area contributed by atoms with Crippen molar-refractivity contribution in [1.82, 2.24) is 0 Å². The molecule has 1 atom stereocenters. The molecule has 0 saturated heterocycles. The van der Waals surface area contributed by atoms with Crippen molar-refractivity contribution < 1.29 is 4.79 Å². The summed E-state index contributed by atoms with van der Waals surface area (Å²) >= 11 is 0. The molecule has 0 unspecified atom stereocenters. The maximum Gasteiger partial charge on any atom is 0.158 e. The number of ketones is 1. The molecule has 0 radical (unpaired) electrons. The van der Waals surface area contributed by atoms with Gasteiger partial charge < -0.3 is 0 Å². The van der Waals surface area contributed by atoms with Crippen LogP contribution < -0.4 is 0 Å². The maximum atomic E-state index is 11.5. The molecule has 0 N–H and O–H groups in total. The average molecular weight is 192 g/mol. The summed E-state index contributed by atoms with van der Waals surface area (Å²) in [6.45, 7) is 6.26. The average Bonchev–Trinajstić information content (AvgIpc) is 2.18. The number of carbonyl (C=O) groups excluding carboxylic acids is 1. The zero-order valence-corrected chi connectivity index (χ0v) is 9.47. The Labute approximate surface area is 86.9 Å².